The fraction of sp³-hybridized carbons (Fsp3) is 0.222. The van der Waals surface area contributed by atoms with Crippen molar-refractivity contribution in [3.8, 4) is 6.07 Å². The minimum Gasteiger partial charge on any atom is -0.491 e. The molecule has 0 saturated carbocycles. The van der Waals surface area contributed by atoms with E-state index in [0.717, 1.165) is 34.7 Å². The van der Waals surface area contributed by atoms with Crippen molar-refractivity contribution in [2.24, 2.45) is 0 Å². The maximum Gasteiger partial charge on any atom is 0.197 e. The summed E-state index contributed by atoms with van der Waals surface area (Å²) >= 11 is 0. The van der Waals surface area contributed by atoms with Crippen LogP contribution in [-0.2, 0) is 4.74 Å². The van der Waals surface area contributed by atoms with Gasteiger partial charge in [-0.25, -0.2) is 4.98 Å². The van der Waals surface area contributed by atoms with Gasteiger partial charge in [-0.1, -0.05) is 24.3 Å². The molecule has 0 N–H and O–H groups in total. The summed E-state index contributed by atoms with van der Waals surface area (Å²) in [5.41, 5.74) is 4.48. The van der Waals surface area contributed by atoms with Crippen molar-refractivity contribution in [3.05, 3.63) is 59.0 Å². The SMILES string of the molecule is CC(C)OC1=Cc2c(nnc3c(C#N)ncn23)C2=CC=CC=C1C2. The van der Waals surface area contributed by atoms with Crippen LogP contribution in [0.3, 0.4) is 0 Å². The summed E-state index contributed by atoms with van der Waals surface area (Å²) in [5, 5.41) is 17.8. The molecule has 4 rings (SSSR count). The Morgan fingerprint density at radius 1 is 1.21 bits per heavy atom. The molecule has 0 aliphatic heterocycles. The minimum atomic E-state index is 0.0566. The van der Waals surface area contributed by atoms with Crippen LogP contribution >= 0.6 is 0 Å². The van der Waals surface area contributed by atoms with Gasteiger partial charge in [-0.15, -0.1) is 10.2 Å². The van der Waals surface area contributed by atoms with Crippen molar-refractivity contribution in [1.82, 2.24) is 19.6 Å². The summed E-state index contributed by atoms with van der Waals surface area (Å²) < 4.78 is 7.83. The third kappa shape index (κ3) is 2.22. The molecule has 0 unspecified atom stereocenters. The summed E-state index contributed by atoms with van der Waals surface area (Å²) in [5.74, 6) is 0.808. The maximum atomic E-state index is 9.18. The van der Waals surface area contributed by atoms with E-state index in [1.54, 1.807) is 10.7 Å². The Balaban J connectivity index is 2.03. The number of ether oxygens (including phenoxy) is 1. The van der Waals surface area contributed by atoms with E-state index in [1.807, 2.05) is 44.2 Å². The normalized spacial score (nSPS) is 15.8. The molecule has 0 aromatic carbocycles. The highest BCUT2D eigenvalue weighted by atomic mass is 16.5. The van der Waals surface area contributed by atoms with Crippen molar-refractivity contribution >= 4 is 17.3 Å². The number of aromatic nitrogens is 4. The first-order valence-electron chi connectivity index (χ1n) is 7.76. The Bertz CT molecular complexity index is 998. The summed E-state index contributed by atoms with van der Waals surface area (Å²) in [6.45, 7) is 4.00. The predicted molar refractivity (Wildman–Crippen MR) is 89.5 cm³/mol. The topological polar surface area (TPSA) is 76.1 Å². The van der Waals surface area contributed by atoms with Crippen molar-refractivity contribution in [2.45, 2.75) is 26.4 Å². The zero-order chi connectivity index (χ0) is 16.7. The lowest BCUT2D eigenvalue weighted by Gasteiger charge is -2.15. The molecule has 0 radical (unpaired) electrons. The predicted octanol–water partition coefficient (Wildman–Crippen LogP) is 3.05. The molecule has 2 heterocycles. The van der Waals surface area contributed by atoms with Gasteiger partial charge in [-0.05, 0) is 25.0 Å². The molecule has 2 aromatic heterocycles. The summed E-state index contributed by atoms with van der Waals surface area (Å²) in [6, 6.07) is 2.05. The van der Waals surface area contributed by atoms with Crippen LogP contribution in [0, 0.1) is 11.3 Å². The number of allylic oxidation sites excluding steroid dienone is 6. The van der Waals surface area contributed by atoms with Crippen LogP contribution in [-0.4, -0.2) is 25.7 Å². The number of fused-ring (bicyclic) bond motifs is 6. The van der Waals surface area contributed by atoms with Gasteiger partial charge >= 0.3 is 0 Å². The van der Waals surface area contributed by atoms with E-state index in [2.05, 4.69) is 21.3 Å². The number of nitriles is 1. The molecule has 118 valence electrons. The van der Waals surface area contributed by atoms with E-state index in [9.17, 15) is 5.26 Å². The average molecular weight is 317 g/mol. The van der Waals surface area contributed by atoms with Gasteiger partial charge in [-0.2, -0.15) is 5.26 Å². The Kier molecular flexibility index (Phi) is 3.28. The van der Waals surface area contributed by atoms with Crippen LogP contribution in [0.4, 0.5) is 0 Å². The van der Waals surface area contributed by atoms with E-state index in [-0.39, 0.29) is 11.8 Å². The second-order valence-corrected chi connectivity index (χ2v) is 5.95. The molecule has 0 fully saturated rings. The summed E-state index contributed by atoms with van der Waals surface area (Å²) in [4.78, 5) is 4.12. The first-order valence-corrected chi connectivity index (χ1v) is 7.76. The van der Waals surface area contributed by atoms with E-state index < -0.39 is 0 Å². The van der Waals surface area contributed by atoms with Crippen molar-refractivity contribution < 1.29 is 4.74 Å². The zero-order valence-corrected chi connectivity index (χ0v) is 13.4. The standard InChI is InChI=1S/C18H15N5O/c1-11(2)24-16-8-15-17(13-6-4-3-5-12(16)7-13)21-22-18-14(9-19)20-10-23(15)18/h3-6,8,10-11H,7H2,1-2H3. The Labute approximate surface area is 139 Å². The molecule has 0 spiro atoms. The first kappa shape index (κ1) is 14.4. The van der Waals surface area contributed by atoms with Crippen LogP contribution in [0.5, 0.6) is 0 Å². The zero-order valence-electron chi connectivity index (χ0n) is 13.4. The number of rotatable bonds is 2. The third-order valence-corrected chi connectivity index (χ3v) is 3.93. The van der Waals surface area contributed by atoms with Gasteiger partial charge in [0.2, 0.25) is 0 Å². The summed E-state index contributed by atoms with van der Waals surface area (Å²) in [7, 11) is 0. The van der Waals surface area contributed by atoms with Crippen LogP contribution in [0.15, 0.2) is 42.0 Å². The van der Waals surface area contributed by atoms with Crippen LogP contribution in [0.1, 0.15) is 37.4 Å². The average Bonchev–Trinajstić information content (AvgIpc) is 2.74. The lowest BCUT2D eigenvalue weighted by Crippen LogP contribution is -2.05. The lowest BCUT2D eigenvalue weighted by molar-refractivity contribution is 0.156. The number of hydrogen-bond donors (Lipinski definition) is 0. The molecule has 6 nitrogen and oxygen atoms in total. The van der Waals surface area contributed by atoms with Crippen molar-refractivity contribution in [1.29, 1.82) is 5.26 Å². The highest BCUT2D eigenvalue weighted by molar-refractivity contribution is 5.79. The molecule has 0 atom stereocenters. The fourth-order valence-corrected chi connectivity index (χ4v) is 2.90. The molecule has 2 aliphatic rings. The Hall–Kier alpha value is -3.20. The van der Waals surface area contributed by atoms with E-state index in [1.165, 1.54) is 0 Å². The van der Waals surface area contributed by atoms with Gasteiger partial charge in [0.1, 0.15) is 23.8 Å². The van der Waals surface area contributed by atoms with Gasteiger partial charge < -0.3 is 4.74 Å². The van der Waals surface area contributed by atoms with Crippen LogP contribution in [0.25, 0.3) is 17.3 Å². The van der Waals surface area contributed by atoms with Gasteiger partial charge in [0.25, 0.3) is 0 Å². The first-order chi connectivity index (χ1) is 11.7. The molecular weight excluding hydrogens is 302 g/mol. The minimum absolute atomic E-state index is 0.0566. The van der Waals surface area contributed by atoms with Crippen molar-refractivity contribution in [2.75, 3.05) is 0 Å². The second kappa shape index (κ2) is 5.46. The molecule has 2 bridgehead atoms. The van der Waals surface area contributed by atoms with Crippen molar-refractivity contribution in [3.63, 3.8) is 0 Å². The monoisotopic (exact) mass is 317 g/mol. The summed E-state index contributed by atoms with van der Waals surface area (Å²) in [6.07, 6.45) is 12.4. The molecular formula is C18H15N5O. The van der Waals surface area contributed by atoms with E-state index in [0.29, 0.717) is 5.65 Å². The van der Waals surface area contributed by atoms with Crippen LogP contribution in [0.2, 0.25) is 0 Å². The van der Waals surface area contributed by atoms with E-state index in [4.69, 9.17) is 4.74 Å². The Morgan fingerprint density at radius 3 is 2.75 bits per heavy atom. The number of imidazole rings is 1. The van der Waals surface area contributed by atoms with Gasteiger partial charge in [0.05, 0.1) is 11.8 Å². The maximum absolute atomic E-state index is 9.18. The highest BCUT2D eigenvalue weighted by Gasteiger charge is 2.24. The largest absolute Gasteiger partial charge is 0.491 e. The number of nitrogens with zero attached hydrogens (tertiary/aromatic N) is 5. The molecule has 2 aromatic rings. The third-order valence-electron chi connectivity index (χ3n) is 3.93. The van der Waals surface area contributed by atoms with Gasteiger partial charge in [0, 0.05) is 12.5 Å². The number of hydrogen-bond acceptors (Lipinski definition) is 5. The molecule has 2 aliphatic carbocycles. The quantitative estimate of drug-likeness (QED) is 0.851. The molecule has 24 heavy (non-hydrogen) atoms. The van der Waals surface area contributed by atoms with E-state index >= 15 is 0 Å². The molecule has 0 saturated heterocycles. The van der Waals surface area contributed by atoms with Gasteiger partial charge in [-0.3, -0.25) is 4.40 Å². The smallest absolute Gasteiger partial charge is 0.197 e. The second-order valence-electron chi connectivity index (χ2n) is 5.95. The molecule has 0 amide bonds. The highest BCUT2D eigenvalue weighted by Crippen LogP contribution is 2.35. The Morgan fingerprint density at radius 2 is 2.00 bits per heavy atom. The van der Waals surface area contributed by atoms with Crippen LogP contribution < -0.4 is 0 Å². The molecule has 6 heteroatoms. The lowest BCUT2D eigenvalue weighted by atomic mass is 10.0. The fourth-order valence-electron chi connectivity index (χ4n) is 2.90. The van der Waals surface area contributed by atoms with Gasteiger partial charge in [0.15, 0.2) is 11.3 Å².